The fraction of sp³-hybridized carbons (Fsp3) is 0.633. The Bertz CT molecular complexity index is 1440. The Morgan fingerprint density at radius 1 is 0.571 bits per heavy atom. The third-order valence-corrected chi connectivity index (χ3v) is 8.17. The minimum absolute atomic E-state index is 0.0915. The van der Waals surface area contributed by atoms with Crippen molar-refractivity contribution < 1.29 is 58.5 Å². The minimum atomic E-state index is -1.88. The van der Waals surface area contributed by atoms with Gasteiger partial charge < -0.3 is 75.5 Å². The Balaban J connectivity index is 6.18. The molecule has 0 saturated heterocycles. The summed E-state index contributed by atoms with van der Waals surface area (Å²) < 4.78 is 0. The third kappa shape index (κ3) is 22.3. The van der Waals surface area contributed by atoms with Gasteiger partial charge in [-0.25, -0.2) is 4.79 Å². The lowest BCUT2D eigenvalue weighted by Crippen LogP contribution is -2.59. The Labute approximate surface area is 325 Å². The summed E-state index contributed by atoms with van der Waals surface area (Å²) in [6.45, 7) is 0.324. The van der Waals surface area contributed by atoms with Crippen LogP contribution in [0.4, 0.5) is 0 Å². The van der Waals surface area contributed by atoms with E-state index < -0.39 is 115 Å². The van der Waals surface area contributed by atoms with Crippen LogP contribution in [0.2, 0.25) is 0 Å². The molecule has 0 aromatic rings. The zero-order valence-electron chi connectivity index (χ0n) is 30.7. The van der Waals surface area contributed by atoms with Crippen LogP contribution in [0.3, 0.4) is 0 Å². The molecule has 6 amide bonds. The maximum absolute atomic E-state index is 13.5. The van der Waals surface area contributed by atoms with Crippen molar-refractivity contribution in [3.63, 3.8) is 0 Å². The summed E-state index contributed by atoms with van der Waals surface area (Å²) in [7, 11) is 0. The van der Waals surface area contributed by atoms with Gasteiger partial charge in [0.1, 0.15) is 30.2 Å². The monoisotopic (exact) mass is 819 g/mol. The van der Waals surface area contributed by atoms with Crippen molar-refractivity contribution in [2.24, 2.45) is 22.9 Å². The molecule has 26 heteroatoms. The molecule has 316 valence electrons. The molecule has 0 aliphatic rings. The van der Waals surface area contributed by atoms with E-state index in [-0.39, 0.29) is 56.4 Å². The highest BCUT2D eigenvalue weighted by atomic mass is 32.2. The number of carboxylic acids is 3. The number of thioether (sulfide) groups is 1. The summed E-state index contributed by atoms with van der Waals surface area (Å²) in [5.41, 5.74) is 21.5. The molecule has 0 aromatic heterocycles. The van der Waals surface area contributed by atoms with Crippen molar-refractivity contribution >= 4 is 77.0 Å². The lowest BCUT2D eigenvalue weighted by molar-refractivity contribution is -0.144. The van der Waals surface area contributed by atoms with Gasteiger partial charge in [0.05, 0.1) is 18.9 Å². The number of hydrogen-bond acceptors (Lipinski definition) is 13. The van der Waals surface area contributed by atoms with Gasteiger partial charge >= 0.3 is 17.9 Å². The molecular formula is C30H53N13O12S. The topological polar surface area (TPSA) is 450 Å². The molecule has 0 heterocycles. The molecule has 6 atom stereocenters. The van der Waals surface area contributed by atoms with E-state index in [1.54, 1.807) is 6.26 Å². The fourth-order valence-corrected chi connectivity index (χ4v) is 5.13. The summed E-state index contributed by atoms with van der Waals surface area (Å²) in [4.78, 5) is 112. The van der Waals surface area contributed by atoms with E-state index in [1.807, 2.05) is 5.32 Å². The van der Waals surface area contributed by atoms with Crippen LogP contribution in [0.25, 0.3) is 0 Å². The van der Waals surface area contributed by atoms with Crippen LogP contribution < -0.4 is 60.2 Å². The summed E-state index contributed by atoms with van der Waals surface area (Å²) in [5.74, 6) is -11.4. The first-order valence-electron chi connectivity index (χ1n) is 17.0. The molecule has 20 N–H and O–H groups in total. The Kier molecular flexibility index (Phi) is 24.0. The molecule has 0 saturated carbocycles. The van der Waals surface area contributed by atoms with Crippen molar-refractivity contribution in [1.29, 1.82) is 10.8 Å². The summed E-state index contributed by atoms with van der Waals surface area (Å²) in [6.07, 6.45) is -0.945. The van der Waals surface area contributed by atoms with Crippen LogP contribution in [-0.4, -0.2) is 142 Å². The van der Waals surface area contributed by atoms with Crippen molar-refractivity contribution in [1.82, 2.24) is 37.2 Å². The quantitative estimate of drug-likeness (QED) is 0.0190. The van der Waals surface area contributed by atoms with Gasteiger partial charge in [-0.15, -0.1) is 0 Å². The molecule has 0 fully saturated rings. The highest BCUT2D eigenvalue weighted by Gasteiger charge is 2.34. The van der Waals surface area contributed by atoms with Crippen molar-refractivity contribution in [2.45, 2.75) is 94.0 Å². The normalized spacial score (nSPS) is 13.8. The number of amides is 6. The van der Waals surface area contributed by atoms with Gasteiger partial charge in [0.15, 0.2) is 11.9 Å². The number of guanidine groups is 2. The highest BCUT2D eigenvalue weighted by molar-refractivity contribution is 7.98. The van der Waals surface area contributed by atoms with Gasteiger partial charge in [-0.2, -0.15) is 11.8 Å². The first kappa shape index (κ1) is 50.1. The molecular weight excluding hydrogens is 766 g/mol. The van der Waals surface area contributed by atoms with E-state index in [4.69, 9.17) is 33.8 Å². The molecule has 56 heavy (non-hydrogen) atoms. The second-order valence-corrected chi connectivity index (χ2v) is 13.2. The zero-order chi connectivity index (χ0) is 43.0. The van der Waals surface area contributed by atoms with E-state index in [0.29, 0.717) is 6.42 Å². The van der Waals surface area contributed by atoms with Crippen LogP contribution in [-0.2, 0) is 43.2 Å². The molecule has 0 unspecified atom stereocenters. The molecule has 0 rings (SSSR count). The lowest BCUT2D eigenvalue weighted by atomic mass is 10.1. The average Bonchev–Trinajstić information content (AvgIpc) is 3.09. The van der Waals surface area contributed by atoms with Gasteiger partial charge in [-0.05, 0) is 50.5 Å². The summed E-state index contributed by atoms with van der Waals surface area (Å²) in [5, 5.41) is 59.1. The van der Waals surface area contributed by atoms with Gasteiger partial charge in [0.2, 0.25) is 35.4 Å². The first-order valence-corrected chi connectivity index (χ1v) is 18.4. The second-order valence-electron chi connectivity index (χ2n) is 12.2. The lowest BCUT2D eigenvalue weighted by Gasteiger charge is -2.26. The molecule has 0 spiro atoms. The number of nitrogens with two attached hydrogens (primary N) is 4. The van der Waals surface area contributed by atoms with E-state index in [9.17, 15) is 58.5 Å². The highest BCUT2D eigenvalue weighted by Crippen LogP contribution is 2.08. The Hall–Kier alpha value is -5.92. The molecule has 0 bridgehead atoms. The maximum atomic E-state index is 13.5. The Morgan fingerprint density at radius 2 is 0.964 bits per heavy atom. The van der Waals surface area contributed by atoms with Crippen molar-refractivity contribution in [2.75, 3.05) is 25.1 Å². The number of carboxylic acid groups (broad SMARTS) is 3. The van der Waals surface area contributed by atoms with E-state index >= 15 is 0 Å². The van der Waals surface area contributed by atoms with Crippen LogP contribution >= 0.6 is 11.8 Å². The first-order chi connectivity index (χ1) is 26.2. The fourth-order valence-electron chi connectivity index (χ4n) is 4.66. The number of nitrogens with one attached hydrogen (secondary N) is 9. The number of hydrogen-bond donors (Lipinski definition) is 16. The molecule has 0 aliphatic carbocycles. The number of carbonyl (C=O) groups excluding carboxylic acids is 6. The average molecular weight is 820 g/mol. The van der Waals surface area contributed by atoms with Gasteiger partial charge in [0.25, 0.3) is 0 Å². The van der Waals surface area contributed by atoms with Gasteiger partial charge in [-0.3, -0.25) is 49.2 Å². The molecule has 25 nitrogen and oxygen atoms in total. The molecule has 0 radical (unpaired) electrons. The van der Waals surface area contributed by atoms with Gasteiger partial charge in [0, 0.05) is 19.5 Å². The van der Waals surface area contributed by atoms with Crippen molar-refractivity contribution in [3.05, 3.63) is 0 Å². The summed E-state index contributed by atoms with van der Waals surface area (Å²) in [6, 6.07) is -9.45. The Morgan fingerprint density at radius 3 is 1.38 bits per heavy atom. The SMILES string of the molecule is CSCC[C@@H](NC(=O)[C@H](CC(=O)O)NC(=O)[C@H](CCCNC(=N)N)NC(=O)[C@@H](N)CCCNC(=N)N)C(=O)N[C@@H](CC(=O)O)C(=O)N[C@@H](CCC(N)=O)C(=O)O. The predicted molar refractivity (Wildman–Crippen MR) is 199 cm³/mol. The third-order valence-electron chi connectivity index (χ3n) is 7.52. The summed E-state index contributed by atoms with van der Waals surface area (Å²) >= 11 is 1.22. The number of aliphatic carboxylic acids is 3. The molecule has 0 aromatic carbocycles. The standard InChI is InChI=1S/C30H53N13O12S/c1-56-11-8-16(25(51)43-19(13-22(47)48)27(53)41-17(28(54)55)6-7-20(32)44)40-26(52)18(12-21(45)46)42-24(50)15(5-3-10-38-30(35)36)39-23(49)14(31)4-2-9-37-29(33)34/h14-19H,2-13,31H2,1H3,(H2,32,44)(H,39,49)(H,40,52)(H,41,53)(H,42,50)(H,43,51)(H,45,46)(H,47,48)(H,54,55)(H4,33,34,37)(H4,35,36,38)/t14-,15-,16+,17-,18-,19-/m0/s1. The smallest absolute Gasteiger partial charge is 0.326 e. The number of rotatable bonds is 29. The van der Waals surface area contributed by atoms with Crippen LogP contribution in [0, 0.1) is 10.8 Å². The van der Waals surface area contributed by atoms with E-state index in [1.165, 1.54) is 11.8 Å². The predicted octanol–water partition coefficient (Wildman–Crippen LogP) is -5.68. The minimum Gasteiger partial charge on any atom is -0.481 e. The number of carbonyl (C=O) groups is 9. The number of primary amides is 1. The van der Waals surface area contributed by atoms with Crippen LogP contribution in [0.15, 0.2) is 0 Å². The zero-order valence-corrected chi connectivity index (χ0v) is 31.5. The van der Waals surface area contributed by atoms with Crippen molar-refractivity contribution in [3.8, 4) is 0 Å². The van der Waals surface area contributed by atoms with E-state index in [2.05, 4.69) is 31.9 Å². The van der Waals surface area contributed by atoms with Crippen LogP contribution in [0.1, 0.15) is 57.8 Å². The van der Waals surface area contributed by atoms with E-state index in [0.717, 1.165) is 0 Å². The second kappa shape index (κ2) is 26.8. The maximum Gasteiger partial charge on any atom is 0.326 e. The largest absolute Gasteiger partial charge is 0.481 e. The molecule has 0 aliphatic heterocycles. The van der Waals surface area contributed by atoms with Gasteiger partial charge in [-0.1, -0.05) is 0 Å². The van der Waals surface area contributed by atoms with Crippen LogP contribution in [0.5, 0.6) is 0 Å².